The molecule has 1 N–H and O–H groups in total. The molecule has 2 aromatic rings. The summed E-state index contributed by atoms with van der Waals surface area (Å²) < 4.78 is 0. The fourth-order valence-corrected chi connectivity index (χ4v) is 2.71. The Kier molecular flexibility index (Phi) is 4.96. The van der Waals surface area contributed by atoms with Gasteiger partial charge in [0, 0.05) is 17.1 Å². The summed E-state index contributed by atoms with van der Waals surface area (Å²) >= 11 is 1.37. The molecule has 0 aliphatic rings. The average Bonchev–Trinajstić information content (AvgIpc) is 2.40. The maximum Gasteiger partial charge on any atom is 0.237 e. The second kappa shape index (κ2) is 6.72. The number of nitrogens with zero attached hydrogens (tertiary/aromatic N) is 2. The van der Waals surface area contributed by atoms with Crippen molar-refractivity contribution in [1.29, 1.82) is 0 Å². The monoisotopic (exact) mass is 301 g/mol. The molecule has 4 nitrogen and oxygen atoms in total. The van der Waals surface area contributed by atoms with Gasteiger partial charge in [0.1, 0.15) is 0 Å². The molecule has 0 saturated carbocycles. The summed E-state index contributed by atoms with van der Waals surface area (Å²) in [4.78, 5) is 20.9. The number of nitrogens with one attached hydrogen (secondary N) is 1. The predicted octanol–water partition coefficient (Wildman–Crippen LogP) is 3.52. The van der Waals surface area contributed by atoms with E-state index in [4.69, 9.17) is 0 Å². The Morgan fingerprint density at radius 2 is 1.67 bits per heavy atom. The highest BCUT2D eigenvalue weighted by Crippen LogP contribution is 2.21. The van der Waals surface area contributed by atoms with Gasteiger partial charge in [-0.05, 0) is 45.9 Å². The van der Waals surface area contributed by atoms with E-state index in [9.17, 15) is 4.79 Å². The fourth-order valence-electron chi connectivity index (χ4n) is 1.84. The summed E-state index contributed by atoms with van der Waals surface area (Å²) in [6, 6.07) is 9.66. The van der Waals surface area contributed by atoms with Crippen molar-refractivity contribution in [2.75, 3.05) is 5.32 Å². The van der Waals surface area contributed by atoms with Crippen LogP contribution in [0.15, 0.2) is 35.5 Å². The first-order valence-corrected chi connectivity index (χ1v) is 7.68. The Labute approximate surface area is 129 Å². The number of aromatic nitrogens is 2. The number of anilines is 1. The second-order valence-corrected chi connectivity index (χ2v) is 6.36. The molecule has 1 atom stereocenters. The van der Waals surface area contributed by atoms with Gasteiger partial charge in [-0.2, -0.15) is 0 Å². The van der Waals surface area contributed by atoms with Crippen LogP contribution in [-0.4, -0.2) is 21.1 Å². The number of amides is 1. The molecule has 110 valence electrons. The van der Waals surface area contributed by atoms with E-state index in [2.05, 4.69) is 15.3 Å². The van der Waals surface area contributed by atoms with E-state index in [1.807, 2.05) is 58.0 Å². The number of benzene rings is 1. The van der Waals surface area contributed by atoms with Gasteiger partial charge < -0.3 is 5.32 Å². The largest absolute Gasteiger partial charge is 0.325 e. The number of rotatable bonds is 4. The zero-order valence-corrected chi connectivity index (χ0v) is 13.5. The van der Waals surface area contributed by atoms with Gasteiger partial charge in [-0.3, -0.25) is 4.79 Å². The molecule has 1 aromatic carbocycles. The molecule has 0 fully saturated rings. The summed E-state index contributed by atoms with van der Waals surface area (Å²) in [5, 5.41) is 3.28. The van der Waals surface area contributed by atoms with Gasteiger partial charge >= 0.3 is 0 Å². The molecule has 1 heterocycles. The average molecular weight is 301 g/mol. The van der Waals surface area contributed by atoms with Gasteiger partial charge in [0.25, 0.3) is 0 Å². The van der Waals surface area contributed by atoms with Crippen LogP contribution in [0.2, 0.25) is 0 Å². The van der Waals surface area contributed by atoms with E-state index in [0.29, 0.717) is 5.16 Å². The van der Waals surface area contributed by atoms with E-state index in [1.54, 1.807) is 0 Å². The molecule has 2 rings (SSSR count). The molecule has 0 saturated heterocycles. The van der Waals surface area contributed by atoms with Crippen molar-refractivity contribution < 1.29 is 4.79 Å². The number of hydrogen-bond acceptors (Lipinski definition) is 4. The first-order valence-electron chi connectivity index (χ1n) is 6.80. The summed E-state index contributed by atoms with van der Waals surface area (Å²) in [5.74, 6) is -0.0494. The lowest BCUT2D eigenvalue weighted by molar-refractivity contribution is -0.115. The Morgan fingerprint density at radius 1 is 1.10 bits per heavy atom. The molecule has 5 heteroatoms. The summed E-state index contributed by atoms with van der Waals surface area (Å²) in [7, 11) is 0. The minimum absolute atomic E-state index is 0.0494. The maximum absolute atomic E-state index is 12.2. The minimum atomic E-state index is -0.257. The molecule has 21 heavy (non-hydrogen) atoms. The van der Waals surface area contributed by atoms with E-state index < -0.39 is 0 Å². The third kappa shape index (κ3) is 4.56. The zero-order valence-electron chi connectivity index (χ0n) is 12.7. The van der Waals surface area contributed by atoms with Crippen LogP contribution in [0.4, 0.5) is 5.69 Å². The van der Waals surface area contributed by atoms with Crippen molar-refractivity contribution in [3.05, 3.63) is 47.3 Å². The van der Waals surface area contributed by atoms with Gasteiger partial charge in [0.05, 0.1) is 5.25 Å². The molecule has 0 aliphatic carbocycles. The number of thioether (sulfide) groups is 1. The number of aryl methyl sites for hydroxylation is 3. The van der Waals surface area contributed by atoms with Gasteiger partial charge in [0.2, 0.25) is 5.91 Å². The lowest BCUT2D eigenvalue weighted by Crippen LogP contribution is -2.22. The van der Waals surface area contributed by atoms with Crippen LogP contribution in [0.1, 0.15) is 23.9 Å². The first kappa shape index (κ1) is 15.5. The van der Waals surface area contributed by atoms with Crippen molar-refractivity contribution in [3.63, 3.8) is 0 Å². The first-order chi connectivity index (χ1) is 9.94. The van der Waals surface area contributed by atoms with Crippen LogP contribution < -0.4 is 5.32 Å². The van der Waals surface area contributed by atoms with E-state index in [0.717, 1.165) is 17.1 Å². The van der Waals surface area contributed by atoms with Crippen molar-refractivity contribution in [3.8, 4) is 0 Å². The molecule has 0 spiro atoms. The van der Waals surface area contributed by atoms with Crippen LogP contribution in [-0.2, 0) is 4.79 Å². The molecule has 1 unspecified atom stereocenters. The Morgan fingerprint density at radius 3 is 2.24 bits per heavy atom. The predicted molar refractivity (Wildman–Crippen MR) is 86.6 cm³/mol. The lowest BCUT2D eigenvalue weighted by Gasteiger charge is -2.11. The number of carbonyl (C=O) groups excluding carboxylic acids is 1. The second-order valence-electron chi connectivity index (χ2n) is 5.05. The topological polar surface area (TPSA) is 54.9 Å². The SMILES string of the molecule is Cc1ccc(NC(=O)C(C)Sc2nc(C)cc(C)n2)cc1. The lowest BCUT2D eigenvalue weighted by atomic mass is 10.2. The van der Waals surface area contributed by atoms with Crippen LogP contribution in [0.25, 0.3) is 0 Å². The van der Waals surface area contributed by atoms with E-state index in [1.165, 1.54) is 17.3 Å². The smallest absolute Gasteiger partial charge is 0.237 e. The highest BCUT2D eigenvalue weighted by Gasteiger charge is 2.16. The summed E-state index contributed by atoms with van der Waals surface area (Å²) in [6.07, 6.45) is 0. The Hall–Kier alpha value is -1.88. The molecule has 0 bridgehead atoms. The van der Waals surface area contributed by atoms with Crippen molar-refractivity contribution >= 4 is 23.4 Å². The molecular formula is C16H19N3OS. The number of carbonyl (C=O) groups is 1. The van der Waals surface area contributed by atoms with Crippen LogP contribution in [0.3, 0.4) is 0 Å². The standard InChI is InChI=1S/C16H19N3OS/c1-10-5-7-14(8-6-10)19-15(20)13(4)21-16-17-11(2)9-12(3)18-16/h5-9,13H,1-4H3,(H,19,20). The van der Waals surface area contributed by atoms with Crippen molar-refractivity contribution in [2.45, 2.75) is 38.1 Å². The third-order valence-electron chi connectivity index (χ3n) is 2.93. The van der Waals surface area contributed by atoms with E-state index >= 15 is 0 Å². The zero-order chi connectivity index (χ0) is 15.4. The molecule has 0 radical (unpaired) electrons. The molecule has 0 aliphatic heterocycles. The normalized spacial score (nSPS) is 12.0. The minimum Gasteiger partial charge on any atom is -0.325 e. The van der Waals surface area contributed by atoms with E-state index in [-0.39, 0.29) is 11.2 Å². The van der Waals surface area contributed by atoms with Crippen LogP contribution >= 0.6 is 11.8 Å². The van der Waals surface area contributed by atoms with Crippen molar-refractivity contribution in [1.82, 2.24) is 9.97 Å². The Bertz CT molecular complexity index is 620. The maximum atomic E-state index is 12.2. The summed E-state index contributed by atoms with van der Waals surface area (Å²) in [5.41, 5.74) is 3.80. The quantitative estimate of drug-likeness (QED) is 0.693. The van der Waals surface area contributed by atoms with Gasteiger partial charge in [-0.15, -0.1) is 0 Å². The Balaban J connectivity index is 2.00. The van der Waals surface area contributed by atoms with Crippen molar-refractivity contribution in [2.24, 2.45) is 0 Å². The molecule has 1 amide bonds. The molecule has 1 aromatic heterocycles. The molecular weight excluding hydrogens is 282 g/mol. The fraction of sp³-hybridized carbons (Fsp3) is 0.312. The van der Waals surface area contributed by atoms with Gasteiger partial charge in [-0.1, -0.05) is 29.5 Å². The third-order valence-corrected chi connectivity index (χ3v) is 3.89. The van der Waals surface area contributed by atoms with Crippen LogP contribution in [0, 0.1) is 20.8 Å². The highest BCUT2D eigenvalue weighted by atomic mass is 32.2. The summed E-state index contributed by atoms with van der Waals surface area (Å²) in [6.45, 7) is 7.72. The van der Waals surface area contributed by atoms with Gasteiger partial charge in [-0.25, -0.2) is 9.97 Å². The van der Waals surface area contributed by atoms with Crippen LogP contribution in [0.5, 0.6) is 0 Å². The highest BCUT2D eigenvalue weighted by molar-refractivity contribution is 8.00. The number of hydrogen-bond donors (Lipinski definition) is 1. The van der Waals surface area contributed by atoms with Gasteiger partial charge in [0.15, 0.2) is 5.16 Å².